The van der Waals surface area contributed by atoms with E-state index in [1.807, 2.05) is 24.3 Å². The molecule has 2 amide bonds. The van der Waals surface area contributed by atoms with Crippen LogP contribution < -0.4 is 15.4 Å². The summed E-state index contributed by atoms with van der Waals surface area (Å²) in [7, 11) is 0. The van der Waals surface area contributed by atoms with Gasteiger partial charge >= 0.3 is 5.97 Å². The zero-order valence-corrected chi connectivity index (χ0v) is 41.4. The molecule has 362 valence electrons. The number of piperazine rings is 1. The minimum Gasteiger partial charge on any atom is -0.493 e. The van der Waals surface area contributed by atoms with Crippen LogP contribution in [0.3, 0.4) is 0 Å². The molecule has 8 rings (SSSR count). The minimum atomic E-state index is -1.06. The lowest BCUT2D eigenvalue weighted by molar-refractivity contribution is -0.216. The van der Waals surface area contributed by atoms with Gasteiger partial charge in [0.15, 0.2) is 0 Å². The van der Waals surface area contributed by atoms with Crippen LogP contribution in [0.4, 0.5) is 0 Å². The molecule has 4 N–H and O–H groups in total. The molecule has 1 saturated heterocycles. The minimum absolute atomic E-state index is 0.0572. The number of hydrogen-bond donors (Lipinski definition) is 4. The van der Waals surface area contributed by atoms with E-state index in [1.165, 1.54) is 31.3 Å². The summed E-state index contributed by atoms with van der Waals surface area (Å²) in [6.07, 6.45) is 12.1. The molecule has 2 aromatic rings. The Morgan fingerprint density at radius 2 is 1.59 bits per heavy atom. The maximum atomic E-state index is 14.7. The Morgan fingerprint density at radius 3 is 2.32 bits per heavy atom. The van der Waals surface area contributed by atoms with Crippen LogP contribution in [0.15, 0.2) is 54.6 Å². The summed E-state index contributed by atoms with van der Waals surface area (Å²) in [5, 5.41) is 27.5. The van der Waals surface area contributed by atoms with E-state index < -0.39 is 5.97 Å². The molecule has 10 nitrogen and oxygen atoms in total. The Balaban J connectivity index is 0.849. The second-order valence-electron chi connectivity index (χ2n) is 23.3. The van der Waals surface area contributed by atoms with E-state index in [4.69, 9.17) is 4.74 Å². The fourth-order valence-electron chi connectivity index (χ4n) is 15.8. The summed E-state index contributed by atoms with van der Waals surface area (Å²) in [6.45, 7) is 27.3. The molecule has 6 fully saturated rings. The highest BCUT2D eigenvalue weighted by Crippen LogP contribution is 2.73. The Morgan fingerprint density at radius 1 is 0.848 bits per heavy atom. The standard InChI is InChI=1S/C56H82N4O6/c1-36(2)41-17-24-56(25-18-44-42(49(41)56)14-16-47-54(44,7)22-19-46-53(5,6)48(61)20-23-55(46,47)8)52(65)57-26-21-38-11-9-12-40(33-38)50(62)58-35-39-13-15-45(43(34-39)51(63)64)66-32-10-27-59-28-30-60(31-29-59)37(3)4/h9,11-13,15,33-34,37,41-42,44,46-49,61H,1,10,14,16-32,35H2,2-8H3,(H,57,65)(H,58,62)(H,63,64). The summed E-state index contributed by atoms with van der Waals surface area (Å²) in [4.78, 5) is 45.3. The van der Waals surface area contributed by atoms with E-state index >= 15 is 0 Å². The number of carboxylic acid groups (broad SMARTS) is 1. The van der Waals surface area contributed by atoms with E-state index in [2.05, 4.69) is 75.5 Å². The summed E-state index contributed by atoms with van der Waals surface area (Å²) >= 11 is 0. The third-order valence-corrected chi connectivity index (χ3v) is 19.3. The van der Waals surface area contributed by atoms with Gasteiger partial charge in [-0.2, -0.15) is 0 Å². The molecule has 1 heterocycles. The monoisotopic (exact) mass is 907 g/mol. The number of amides is 2. The van der Waals surface area contributed by atoms with Crippen molar-refractivity contribution in [2.45, 2.75) is 144 Å². The molecule has 0 spiro atoms. The van der Waals surface area contributed by atoms with Crippen LogP contribution in [-0.2, 0) is 17.8 Å². The summed E-state index contributed by atoms with van der Waals surface area (Å²) in [5.41, 5.74) is 3.57. The summed E-state index contributed by atoms with van der Waals surface area (Å²) in [6, 6.07) is 13.2. The van der Waals surface area contributed by atoms with Crippen LogP contribution in [-0.4, -0.2) is 95.8 Å². The van der Waals surface area contributed by atoms with Gasteiger partial charge in [-0.05, 0) is 185 Å². The molecule has 10 atom stereocenters. The molecule has 5 saturated carbocycles. The number of nitrogens with zero attached hydrogens (tertiary/aromatic N) is 2. The van der Waals surface area contributed by atoms with Gasteiger partial charge in [-0.1, -0.05) is 58.0 Å². The van der Waals surface area contributed by atoms with E-state index in [1.54, 1.807) is 18.2 Å². The summed E-state index contributed by atoms with van der Waals surface area (Å²) in [5.74, 6) is 2.26. The third kappa shape index (κ3) is 9.13. The van der Waals surface area contributed by atoms with Crippen molar-refractivity contribution in [3.8, 4) is 5.75 Å². The Labute approximate surface area is 396 Å². The molecular weight excluding hydrogens is 825 g/mol. The van der Waals surface area contributed by atoms with Gasteiger partial charge in [0.1, 0.15) is 11.3 Å². The van der Waals surface area contributed by atoms with E-state index in [9.17, 15) is 24.6 Å². The van der Waals surface area contributed by atoms with E-state index in [-0.39, 0.29) is 51.7 Å². The van der Waals surface area contributed by atoms with Gasteiger partial charge < -0.3 is 30.5 Å². The number of carbonyl (C=O) groups is 3. The van der Waals surface area contributed by atoms with Crippen molar-refractivity contribution in [3.05, 3.63) is 76.9 Å². The van der Waals surface area contributed by atoms with Gasteiger partial charge in [-0.15, -0.1) is 0 Å². The zero-order chi connectivity index (χ0) is 47.2. The van der Waals surface area contributed by atoms with Crippen LogP contribution in [0, 0.1) is 57.2 Å². The number of nitrogens with one attached hydrogen (secondary N) is 2. The third-order valence-electron chi connectivity index (χ3n) is 19.3. The van der Waals surface area contributed by atoms with Gasteiger partial charge in [0.05, 0.1) is 18.1 Å². The molecule has 66 heavy (non-hydrogen) atoms. The predicted octanol–water partition coefficient (Wildman–Crippen LogP) is 9.40. The van der Waals surface area contributed by atoms with Gasteiger partial charge in [0.2, 0.25) is 5.91 Å². The van der Waals surface area contributed by atoms with Crippen LogP contribution >= 0.6 is 0 Å². The number of carboxylic acids is 1. The molecule has 2 aromatic carbocycles. The average Bonchev–Trinajstić information content (AvgIpc) is 3.71. The maximum absolute atomic E-state index is 14.7. The highest BCUT2D eigenvalue weighted by Gasteiger charge is 2.68. The van der Waals surface area contributed by atoms with Crippen molar-refractivity contribution in [1.82, 2.24) is 20.4 Å². The number of benzene rings is 2. The first-order valence-corrected chi connectivity index (χ1v) is 25.8. The normalized spacial score (nSPS) is 34.0. The Hall–Kier alpha value is -3.73. The molecule has 0 bridgehead atoms. The van der Waals surface area contributed by atoms with Crippen molar-refractivity contribution < 1.29 is 29.3 Å². The topological polar surface area (TPSA) is 131 Å². The lowest BCUT2D eigenvalue weighted by atomic mass is 9.36. The number of hydrogen-bond acceptors (Lipinski definition) is 7. The number of aromatic carboxylic acids is 1. The van der Waals surface area contributed by atoms with Crippen LogP contribution in [0.1, 0.15) is 151 Å². The lowest BCUT2D eigenvalue weighted by Gasteiger charge is -2.69. The number of allylic oxidation sites excluding steroid dienone is 1. The fourth-order valence-corrected chi connectivity index (χ4v) is 15.8. The first-order valence-electron chi connectivity index (χ1n) is 25.8. The Kier molecular flexibility index (Phi) is 14.3. The number of fused-ring (bicyclic) bond motifs is 7. The summed E-state index contributed by atoms with van der Waals surface area (Å²) < 4.78 is 5.95. The molecule has 5 aliphatic carbocycles. The van der Waals surface area contributed by atoms with E-state index in [0.29, 0.717) is 78.0 Å². The number of aliphatic hydroxyl groups excluding tert-OH is 1. The smallest absolute Gasteiger partial charge is 0.339 e. The first-order chi connectivity index (χ1) is 31.4. The second kappa shape index (κ2) is 19.3. The molecule has 0 radical (unpaired) electrons. The zero-order valence-electron chi connectivity index (χ0n) is 41.4. The van der Waals surface area contributed by atoms with Gasteiger partial charge in [0.25, 0.3) is 5.91 Å². The van der Waals surface area contributed by atoms with Crippen molar-refractivity contribution in [2.75, 3.05) is 45.9 Å². The quantitative estimate of drug-likeness (QED) is 0.103. The fraction of sp³-hybridized carbons (Fsp3) is 0.696. The largest absolute Gasteiger partial charge is 0.493 e. The highest BCUT2D eigenvalue weighted by atomic mass is 16.5. The maximum Gasteiger partial charge on any atom is 0.339 e. The molecule has 1 aliphatic heterocycles. The van der Waals surface area contributed by atoms with Crippen molar-refractivity contribution in [2.24, 2.45) is 57.2 Å². The number of carbonyl (C=O) groups excluding carboxylic acids is 2. The van der Waals surface area contributed by atoms with Crippen LogP contribution in [0.2, 0.25) is 0 Å². The van der Waals surface area contributed by atoms with Gasteiger partial charge in [0, 0.05) is 57.4 Å². The molecular formula is C56H82N4O6. The number of aliphatic hydroxyl groups is 1. The van der Waals surface area contributed by atoms with Crippen molar-refractivity contribution >= 4 is 17.8 Å². The molecule has 6 aliphatic rings. The SMILES string of the molecule is C=C(C)C1CCC2(C(=O)NCCc3cccc(C(=O)NCc4ccc(OCCCN5CCN(C(C)C)CC5)c(C(=O)O)c4)c3)CCC3C(CCC4C3(C)CCC3C(C)(C)C(O)CCC34C)C12. The molecule has 10 unspecified atom stereocenters. The highest BCUT2D eigenvalue weighted by molar-refractivity contribution is 5.94. The molecule has 0 aromatic heterocycles. The second-order valence-corrected chi connectivity index (χ2v) is 23.3. The average molecular weight is 907 g/mol. The predicted molar refractivity (Wildman–Crippen MR) is 261 cm³/mol. The van der Waals surface area contributed by atoms with Crippen LogP contribution in [0.5, 0.6) is 5.75 Å². The number of ether oxygens (including phenoxy) is 1. The first kappa shape index (κ1) is 48.7. The van der Waals surface area contributed by atoms with Crippen molar-refractivity contribution in [1.29, 1.82) is 0 Å². The lowest BCUT2D eigenvalue weighted by Crippen LogP contribution is -2.64. The number of rotatable bonds is 15. The van der Waals surface area contributed by atoms with E-state index in [0.717, 1.165) is 83.2 Å². The van der Waals surface area contributed by atoms with Crippen LogP contribution in [0.25, 0.3) is 0 Å². The van der Waals surface area contributed by atoms with Gasteiger partial charge in [-0.3, -0.25) is 14.5 Å². The molecule has 10 heteroatoms. The Bertz CT molecular complexity index is 2110. The van der Waals surface area contributed by atoms with Crippen molar-refractivity contribution in [3.63, 3.8) is 0 Å². The van der Waals surface area contributed by atoms with Gasteiger partial charge in [-0.25, -0.2) is 4.79 Å².